The zero-order chi connectivity index (χ0) is 15.8. The molecule has 0 aliphatic rings. The lowest BCUT2D eigenvalue weighted by Gasteiger charge is -2.07. The van der Waals surface area contributed by atoms with Crippen molar-refractivity contribution >= 4 is 5.97 Å². The molecule has 22 heavy (non-hydrogen) atoms. The van der Waals surface area contributed by atoms with E-state index in [0.717, 1.165) is 24.2 Å². The van der Waals surface area contributed by atoms with Crippen LogP contribution in [0.2, 0.25) is 0 Å². The molecule has 0 saturated heterocycles. The fourth-order valence-corrected chi connectivity index (χ4v) is 1.93. The summed E-state index contributed by atoms with van der Waals surface area (Å²) in [6.45, 7) is 6.42. The van der Waals surface area contributed by atoms with Gasteiger partial charge >= 0.3 is 5.97 Å². The topological polar surface area (TPSA) is 35.5 Å². The van der Waals surface area contributed by atoms with Crippen LogP contribution in [0.4, 0.5) is 0 Å². The molecule has 0 saturated carbocycles. The van der Waals surface area contributed by atoms with Crippen LogP contribution in [0.25, 0.3) is 0 Å². The van der Waals surface area contributed by atoms with Gasteiger partial charge in [0.15, 0.2) is 0 Å². The molecule has 0 N–H and O–H groups in total. The molecule has 0 aliphatic carbocycles. The van der Waals surface area contributed by atoms with E-state index < -0.39 is 0 Å². The Bertz CT molecular complexity index is 612. The monoisotopic (exact) mass is 296 g/mol. The number of ether oxygens (including phenoxy) is 2. The van der Waals surface area contributed by atoms with Crippen molar-refractivity contribution in [3.05, 3.63) is 72.3 Å². The third-order valence-electron chi connectivity index (χ3n) is 3.08. The summed E-state index contributed by atoms with van der Waals surface area (Å²) in [5.74, 6) is 0.909. The molecule has 114 valence electrons. The van der Waals surface area contributed by atoms with Gasteiger partial charge in [-0.2, -0.15) is 0 Å². The number of benzene rings is 2. The second-order valence-corrected chi connectivity index (χ2v) is 4.90. The van der Waals surface area contributed by atoms with E-state index in [1.807, 2.05) is 18.2 Å². The summed E-state index contributed by atoms with van der Waals surface area (Å²) in [5.41, 5.74) is 1.64. The van der Waals surface area contributed by atoms with Gasteiger partial charge in [-0.15, -0.1) is 6.58 Å². The molecule has 0 bridgehead atoms. The van der Waals surface area contributed by atoms with Gasteiger partial charge in [-0.05, 0) is 54.8 Å². The average molecular weight is 296 g/mol. The third kappa shape index (κ3) is 4.48. The van der Waals surface area contributed by atoms with Crippen LogP contribution in [0.15, 0.2) is 61.2 Å². The summed E-state index contributed by atoms with van der Waals surface area (Å²) in [4.78, 5) is 12.1. The highest BCUT2D eigenvalue weighted by Gasteiger charge is 2.08. The molecular weight excluding hydrogens is 276 g/mol. The standard InChI is InChI=1S/C19H20O3/c1-3-5-15-6-8-16(9-7-15)19(20)22-18-12-10-17(11-13-18)21-14-4-2/h3,6-13H,1,4-5,14H2,2H3. The molecule has 0 aromatic heterocycles. The molecule has 2 rings (SSSR count). The number of hydrogen-bond donors (Lipinski definition) is 0. The zero-order valence-electron chi connectivity index (χ0n) is 12.7. The molecule has 0 aliphatic heterocycles. The highest BCUT2D eigenvalue weighted by molar-refractivity contribution is 5.91. The van der Waals surface area contributed by atoms with Gasteiger partial charge in [0, 0.05) is 0 Å². The van der Waals surface area contributed by atoms with Crippen molar-refractivity contribution < 1.29 is 14.3 Å². The highest BCUT2D eigenvalue weighted by atomic mass is 16.5. The Balaban J connectivity index is 1.97. The number of hydrogen-bond acceptors (Lipinski definition) is 3. The largest absolute Gasteiger partial charge is 0.494 e. The van der Waals surface area contributed by atoms with Crippen molar-refractivity contribution in [1.29, 1.82) is 0 Å². The third-order valence-corrected chi connectivity index (χ3v) is 3.08. The summed E-state index contributed by atoms with van der Waals surface area (Å²) in [5, 5.41) is 0. The Kier molecular flexibility index (Phi) is 5.78. The van der Waals surface area contributed by atoms with Crippen LogP contribution in [0, 0.1) is 0 Å². The van der Waals surface area contributed by atoms with Crippen LogP contribution in [0.5, 0.6) is 11.5 Å². The number of esters is 1. The van der Waals surface area contributed by atoms with Crippen molar-refractivity contribution in [2.75, 3.05) is 6.61 Å². The minimum Gasteiger partial charge on any atom is -0.494 e. The lowest BCUT2D eigenvalue weighted by molar-refractivity contribution is 0.0734. The van der Waals surface area contributed by atoms with Crippen LogP contribution in [0.3, 0.4) is 0 Å². The molecule has 0 radical (unpaired) electrons. The minimum atomic E-state index is -0.368. The van der Waals surface area contributed by atoms with Crippen LogP contribution >= 0.6 is 0 Å². The maximum atomic E-state index is 12.1. The molecule has 2 aromatic rings. The summed E-state index contributed by atoms with van der Waals surface area (Å²) in [6.07, 6.45) is 3.57. The molecule has 3 nitrogen and oxygen atoms in total. The van der Waals surface area contributed by atoms with Gasteiger partial charge in [0.25, 0.3) is 0 Å². The number of carbonyl (C=O) groups is 1. The SMILES string of the molecule is C=CCc1ccc(C(=O)Oc2ccc(OCCC)cc2)cc1. The van der Waals surface area contributed by atoms with Gasteiger partial charge in [0.2, 0.25) is 0 Å². The van der Waals surface area contributed by atoms with E-state index in [0.29, 0.717) is 17.9 Å². The molecule has 3 heteroatoms. The Hall–Kier alpha value is -2.55. The number of rotatable bonds is 7. The van der Waals surface area contributed by atoms with Gasteiger partial charge in [0.05, 0.1) is 12.2 Å². The van der Waals surface area contributed by atoms with Gasteiger partial charge in [-0.1, -0.05) is 25.1 Å². The van der Waals surface area contributed by atoms with Crippen LogP contribution in [-0.4, -0.2) is 12.6 Å². The van der Waals surface area contributed by atoms with E-state index in [-0.39, 0.29) is 5.97 Å². The lowest BCUT2D eigenvalue weighted by Crippen LogP contribution is -2.08. The Labute approximate surface area is 131 Å². The van der Waals surface area contributed by atoms with Crippen molar-refractivity contribution in [2.24, 2.45) is 0 Å². The summed E-state index contributed by atoms with van der Waals surface area (Å²) in [7, 11) is 0. The predicted octanol–water partition coefficient (Wildman–Crippen LogP) is 4.42. The predicted molar refractivity (Wildman–Crippen MR) is 87.5 cm³/mol. The normalized spacial score (nSPS) is 10.0. The Morgan fingerprint density at radius 3 is 2.27 bits per heavy atom. The fraction of sp³-hybridized carbons (Fsp3) is 0.211. The minimum absolute atomic E-state index is 0.368. The smallest absolute Gasteiger partial charge is 0.343 e. The first kappa shape index (κ1) is 15.8. The van der Waals surface area contributed by atoms with Crippen molar-refractivity contribution in [3.8, 4) is 11.5 Å². The summed E-state index contributed by atoms with van der Waals surface area (Å²) < 4.78 is 10.8. The van der Waals surface area contributed by atoms with Crippen molar-refractivity contribution in [3.63, 3.8) is 0 Å². The molecule has 0 heterocycles. The highest BCUT2D eigenvalue weighted by Crippen LogP contribution is 2.19. The van der Waals surface area contributed by atoms with Crippen molar-refractivity contribution in [1.82, 2.24) is 0 Å². The Morgan fingerprint density at radius 2 is 1.68 bits per heavy atom. The average Bonchev–Trinajstić information content (AvgIpc) is 2.55. The quantitative estimate of drug-likeness (QED) is 0.431. The maximum Gasteiger partial charge on any atom is 0.343 e. The second-order valence-electron chi connectivity index (χ2n) is 4.90. The first-order valence-electron chi connectivity index (χ1n) is 7.38. The summed E-state index contributed by atoms with van der Waals surface area (Å²) >= 11 is 0. The first-order chi connectivity index (χ1) is 10.7. The van der Waals surface area contributed by atoms with E-state index in [2.05, 4.69) is 13.5 Å². The van der Waals surface area contributed by atoms with E-state index in [9.17, 15) is 4.79 Å². The van der Waals surface area contributed by atoms with Gasteiger partial charge in [0.1, 0.15) is 11.5 Å². The number of allylic oxidation sites excluding steroid dienone is 1. The molecule has 0 atom stereocenters. The van der Waals surface area contributed by atoms with E-state index >= 15 is 0 Å². The van der Waals surface area contributed by atoms with Crippen LogP contribution < -0.4 is 9.47 Å². The van der Waals surface area contributed by atoms with Crippen LogP contribution in [-0.2, 0) is 6.42 Å². The van der Waals surface area contributed by atoms with E-state index in [1.54, 1.807) is 36.4 Å². The molecular formula is C19H20O3. The van der Waals surface area contributed by atoms with Crippen LogP contribution in [0.1, 0.15) is 29.3 Å². The fourth-order valence-electron chi connectivity index (χ4n) is 1.93. The zero-order valence-corrected chi connectivity index (χ0v) is 12.7. The molecule has 0 unspecified atom stereocenters. The van der Waals surface area contributed by atoms with Gasteiger partial charge in [-0.25, -0.2) is 4.79 Å². The first-order valence-corrected chi connectivity index (χ1v) is 7.38. The molecule has 0 fully saturated rings. The maximum absolute atomic E-state index is 12.1. The van der Waals surface area contributed by atoms with Gasteiger partial charge < -0.3 is 9.47 Å². The second kappa shape index (κ2) is 8.03. The van der Waals surface area contributed by atoms with Crippen molar-refractivity contribution in [2.45, 2.75) is 19.8 Å². The molecule has 2 aromatic carbocycles. The number of carbonyl (C=O) groups excluding carboxylic acids is 1. The molecule has 0 amide bonds. The molecule has 0 spiro atoms. The van der Waals surface area contributed by atoms with E-state index in [4.69, 9.17) is 9.47 Å². The Morgan fingerprint density at radius 1 is 1.05 bits per heavy atom. The lowest BCUT2D eigenvalue weighted by atomic mass is 10.1. The van der Waals surface area contributed by atoms with Gasteiger partial charge in [-0.3, -0.25) is 0 Å². The summed E-state index contributed by atoms with van der Waals surface area (Å²) in [6, 6.07) is 14.4. The van der Waals surface area contributed by atoms with E-state index in [1.165, 1.54) is 0 Å².